The van der Waals surface area contributed by atoms with Crippen molar-refractivity contribution in [3.63, 3.8) is 0 Å². The highest BCUT2D eigenvalue weighted by Crippen LogP contribution is 2.29. The number of aryl methyl sites for hydroxylation is 1. The summed E-state index contributed by atoms with van der Waals surface area (Å²) in [6.07, 6.45) is 1.05. The van der Waals surface area contributed by atoms with Crippen molar-refractivity contribution in [3.05, 3.63) is 53.7 Å². The van der Waals surface area contributed by atoms with E-state index in [0.717, 1.165) is 13.0 Å². The molecule has 1 unspecified atom stereocenters. The van der Waals surface area contributed by atoms with Crippen LogP contribution >= 0.6 is 49.9 Å². The third-order valence-corrected chi connectivity index (χ3v) is 6.27. The number of nitrogens with one attached hydrogen (secondary N) is 1. The molecule has 2 aromatic rings. The molecule has 102 valence electrons. The lowest BCUT2D eigenvalue weighted by molar-refractivity contribution is 0.551. The highest BCUT2D eigenvalue weighted by Gasteiger charge is 2.16. The predicted octanol–water partition coefficient (Wildman–Crippen LogP) is 5.32. The normalized spacial score (nSPS) is 12.6. The van der Waals surface area contributed by atoms with Crippen LogP contribution in [0.4, 0.5) is 0 Å². The molecule has 4 heteroatoms. The molecular weight excluding hydrogens is 433 g/mol. The number of hydrogen-bond acceptors (Lipinski definition) is 2. The summed E-state index contributed by atoms with van der Waals surface area (Å²) < 4.78 is 2.56. The van der Waals surface area contributed by atoms with E-state index >= 15 is 0 Å². The van der Waals surface area contributed by atoms with Crippen LogP contribution in [0.15, 0.2) is 34.1 Å². The largest absolute Gasteiger partial charge is 0.310 e. The van der Waals surface area contributed by atoms with Gasteiger partial charge in [-0.1, -0.05) is 25.1 Å². The minimum atomic E-state index is 0.391. The molecule has 0 saturated carbocycles. The van der Waals surface area contributed by atoms with E-state index in [1.807, 2.05) is 11.3 Å². The van der Waals surface area contributed by atoms with Gasteiger partial charge in [-0.3, -0.25) is 0 Å². The van der Waals surface area contributed by atoms with Crippen LogP contribution in [0.1, 0.15) is 29.0 Å². The number of thiophene rings is 1. The molecule has 0 radical (unpaired) electrons. The molecular formula is C15H17BrINS. The molecule has 0 fully saturated rings. The lowest BCUT2D eigenvalue weighted by Crippen LogP contribution is -2.23. The summed E-state index contributed by atoms with van der Waals surface area (Å²) in [7, 11) is 0. The van der Waals surface area contributed by atoms with Crippen molar-refractivity contribution in [1.29, 1.82) is 0 Å². The van der Waals surface area contributed by atoms with Crippen LogP contribution in [0, 0.1) is 10.5 Å². The van der Waals surface area contributed by atoms with Gasteiger partial charge in [0.2, 0.25) is 0 Å². The summed E-state index contributed by atoms with van der Waals surface area (Å²) in [4.78, 5) is 1.41. The Morgan fingerprint density at radius 2 is 2.21 bits per heavy atom. The van der Waals surface area contributed by atoms with Gasteiger partial charge in [0.15, 0.2) is 0 Å². The van der Waals surface area contributed by atoms with Gasteiger partial charge in [0.1, 0.15) is 0 Å². The third-order valence-electron chi connectivity index (χ3n) is 3.07. The van der Waals surface area contributed by atoms with Crippen molar-refractivity contribution in [2.24, 2.45) is 0 Å². The van der Waals surface area contributed by atoms with E-state index in [4.69, 9.17) is 0 Å². The standard InChI is InChI=1S/C15H17BrINS/c1-3-18-14(8-12-7-11(16)9-19-12)13-6-4-5-10(2)15(13)17/h4-7,9,14,18H,3,8H2,1-2H3. The average molecular weight is 450 g/mol. The minimum Gasteiger partial charge on any atom is -0.310 e. The van der Waals surface area contributed by atoms with Crippen LogP contribution in [-0.4, -0.2) is 6.54 Å². The zero-order chi connectivity index (χ0) is 13.8. The quantitative estimate of drug-likeness (QED) is 0.609. The first-order valence-electron chi connectivity index (χ1n) is 6.33. The Kier molecular flexibility index (Phi) is 5.87. The highest BCUT2D eigenvalue weighted by molar-refractivity contribution is 14.1. The molecule has 0 aliphatic rings. The lowest BCUT2D eigenvalue weighted by Gasteiger charge is -2.20. The molecule has 0 bridgehead atoms. The molecule has 0 saturated heterocycles. The van der Waals surface area contributed by atoms with E-state index in [-0.39, 0.29) is 0 Å². The van der Waals surface area contributed by atoms with Gasteiger partial charge < -0.3 is 5.32 Å². The smallest absolute Gasteiger partial charge is 0.0379 e. The molecule has 0 aliphatic heterocycles. The first-order valence-corrected chi connectivity index (χ1v) is 9.08. The fraction of sp³-hybridized carbons (Fsp3) is 0.333. The van der Waals surface area contributed by atoms with E-state index in [1.54, 1.807) is 0 Å². The van der Waals surface area contributed by atoms with Crippen LogP contribution in [0.3, 0.4) is 0 Å². The molecule has 1 N–H and O–H groups in total. The fourth-order valence-corrected chi connectivity index (χ4v) is 4.37. The molecule has 1 heterocycles. The van der Waals surface area contributed by atoms with Gasteiger partial charge in [0.05, 0.1) is 0 Å². The van der Waals surface area contributed by atoms with Crippen molar-refractivity contribution < 1.29 is 0 Å². The zero-order valence-corrected chi connectivity index (χ0v) is 15.6. The van der Waals surface area contributed by atoms with Crippen LogP contribution in [0.25, 0.3) is 0 Å². The van der Waals surface area contributed by atoms with Gasteiger partial charge in [-0.25, -0.2) is 0 Å². The minimum absolute atomic E-state index is 0.391. The van der Waals surface area contributed by atoms with Crippen LogP contribution < -0.4 is 5.32 Å². The summed E-state index contributed by atoms with van der Waals surface area (Å²) in [5.74, 6) is 0. The maximum Gasteiger partial charge on any atom is 0.0379 e. The molecule has 0 spiro atoms. The summed E-state index contributed by atoms with van der Waals surface area (Å²) in [6.45, 7) is 5.33. The average Bonchev–Trinajstić information content (AvgIpc) is 2.78. The Morgan fingerprint density at radius 3 is 2.84 bits per heavy atom. The summed E-state index contributed by atoms with van der Waals surface area (Å²) >= 11 is 7.81. The Balaban J connectivity index is 2.26. The van der Waals surface area contributed by atoms with Gasteiger partial charge in [-0.2, -0.15) is 0 Å². The summed E-state index contributed by atoms with van der Waals surface area (Å²) in [6, 6.07) is 9.18. The molecule has 19 heavy (non-hydrogen) atoms. The summed E-state index contributed by atoms with van der Waals surface area (Å²) in [5, 5.41) is 5.76. The van der Waals surface area contributed by atoms with Crippen molar-refractivity contribution in [2.45, 2.75) is 26.3 Å². The van der Waals surface area contributed by atoms with E-state index in [2.05, 4.69) is 87.3 Å². The molecule has 1 aromatic carbocycles. The maximum atomic E-state index is 3.61. The lowest BCUT2D eigenvalue weighted by atomic mass is 10.0. The van der Waals surface area contributed by atoms with Crippen molar-refractivity contribution >= 4 is 49.9 Å². The van der Waals surface area contributed by atoms with Crippen LogP contribution in [-0.2, 0) is 6.42 Å². The van der Waals surface area contributed by atoms with Gasteiger partial charge in [-0.05, 0) is 69.2 Å². The molecule has 0 amide bonds. The van der Waals surface area contributed by atoms with Crippen molar-refractivity contribution in [2.75, 3.05) is 6.54 Å². The number of likely N-dealkylation sites (N-methyl/N-ethyl adjacent to an activating group) is 1. The second kappa shape index (κ2) is 7.20. The second-order valence-electron chi connectivity index (χ2n) is 4.52. The van der Waals surface area contributed by atoms with Gasteiger partial charge in [-0.15, -0.1) is 11.3 Å². The van der Waals surface area contributed by atoms with Crippen molar-refractivity contribution in [1.82, 2.24) is 5.32 Å². The second-order valence-corrected chi connectivity index (χ2v) is 7.51. The van der Waals surface area contributed by atoms with Gasteiger partial charge in [0.25, 0.3) is 0 Å². The number of rotatable bonds is 5. The third kappa shape index (κ3) is 4.03. The van der Waals surface area contributed by atoms with Crippen LogP contribution in [0.2, 0.25) is 0 Å². The topological polar surface area (TPSA) is 12.0 Å². The Morgan fingerprint density at radius 1 is 1.42 bits per heavy atom. The maximum absolute atomic E-state index is 3.61. The van der Waals surface area contributed by atoms with E-state index in [0.29, 0.717) is 6.04 Å². The van der Waals surface area contributed by atoms with E-state index in [1.165, 1.54) is 24.0 Å². The SMILES string of the molecule is CCNC(Cc1cc(Br)cs1)c1cccc(C)c1I. The molecule has 1 nitrogen and oxygen atoms in total. The Hall–Kier alpha value is 0.0900. The molecule has 0 aliphatic carbocycles. The molecule has 2 rings (SSSR count). The van der Waals surface area contributed by atoms with Crippen LogP contribution in [0.5, 0.6) is 0 Å². The highest BCUT2D eigenvalue weighted by atomic mass is 127. The van der Waals surface area contributed by atoms with E-state index in [9.17, 15) is 0 Å². The molecule has 1 atom stereocenters. The van der Waals surface area contributed by atoms with Gasteiger partial charge in [0, 0.05) is 30.8 Å². The zero-order valence-electron chi connectivity index (χ0n) is 11.0. The predicted molar refractivity (Wildman–Crippen MR) is 96.0 cm³/mol. The first-order chi connectivity index (χ1) is 9.11. The number of halogens is 2. The fourth-order valence-electron chi connectivity index (χ4n) is 2.14. The summed E-state index contributed by atoms with van der Waals surface area (Å²) in [5.41, 5.74) is 2.76. The number of benzene rings is 1. The Labute approximate surface area is 141 Å². The Bertz CT molecular complexity index is 553. The van der Waals surface area contributed by atoms with Gasteiger partial charge >= 0.3 is 0 Å². The van der Waals surface area contributed by atoms with E-state index < -0.39 is 0 Å². The van der Waals surface area contributed by atoms with Crippen molar-refractivity contribution in [3.8, 4) is 0 Å². The first kappa shape index (κ1) is 15.5. The number of hydrogen-bond donors (Lipinski definition) is 1. The molecule has 1 aromatic heterocycles. The monoisotopic (exact) mass is 449 g/mol.